The topological polar surface area (TPSA) is 57.3 Å². The van der Waals surface area contributed by atoms with E-state index in [1.54, 1.807) is 19.3 Å². The molecule has 0 atom stereocenters. The Hall–Kier alpha value is -2.56. The smallest absolute Gasteiger partial charge is 0.274 e. The van der Waals surface area contributed by atoms with Crippen molar-refractivity contribution in [2.75, 3.05) is 36.7 Å². The second kappa shape index (κ2) is 6.06. The predicted molar refractivity (Wildman–Crippen MR) is 82.5 cm³/mol. The summed E-state index contributed by atoms with van der Waals surface area (Å²) in [5.74, 6) is -0.224. The van der Waals surface area contributed by atoms with Gasteiger partial charge < -0.3 is 15.5 Å². The molecule has 2 N–H and O–H groups in total. The molecule has 5 heteroatoms. The SMILES string of the molecule is CNc1ccnc(C(=O)Nc2cccc(N(C)C)c2)c1. The minimum atomic E-state index is -0.224. The van der Waals surface area contributed by atoms with Crippen molar-refractivity contribution in [3.8, 4) is 0 Å². The minimum Gasteiger partial charge on any atom is -0.388 e. The Morgan fingerprint density at radius 1 is 1.15 bits per heavy atom. The van der Waals surface area contributed by atoms with E-state index in [9.17, 15) is 4.79 Å². The number of aromatic nitrogens is 1. The lowest BCUT2D eigenvalue weighted by molar-refractivity contribution is 0.102. The number of hydrogen-bond donors (Lipinski definition) is 2. The summed E-state index contributed by atoms with van der Waals surface area (Å²) in [4.78, 5) is 18.2. The highest BCUT2D eigenvalue weighted by atomic mass is 16.1. The van der Waals surface area contributed by atoms with Crippen LogP contribution >= 0.6 is 0 Å². The summed E-state index contributed by atoms with van der Waals surface area (Å²) in [6, 6.07) is 11.2. The first kappa shape index (κ1) is 13.9. The summed E-state index contributed by atoms with van der Waals surface area (Å²) in [6.07, 6.45) is 1.61. The van der Waals surface area contributed by atoms with Gasteiger partial charge in [0.05, 0.1) is 0 Å². The molecule has 1 aromatic carbocycles. The van der Waals surface area contributed by atoms with Gasteiger partial charge in [-0.2, -0.15) is 0 Å². The number of carbonyl (C=O) groups is 1. The van der Waals surface area contributed by atoms with Gasteiger partial charge in [0.1, 0.15) is 5.69 Å². The van der Waals surface area contributed by atoms with Gasteiger partial charge in [-0.05, 0) is 30.3 Å². The van der Waals surface area contributed by atoms with Crippen LogP contribution in [0.2, 0.25) is 0 Å². The lowest BCUT2D eigenvalue weighted by Crippen LogP contribution is -2.15. The van der Waals surface area contributed by atoms with Crippen LogP contribution in [0, 0.1) is 0 Å². The van der Waals surface area contributed by atoms with E-state index in [-0.39, 0.29) is 5.91 Å². The van der Waals surface area contributed by atoms with Crippen LogP contribution in [0.25, 0.3) is 0 Å². The molecule has 0 aliphatic carbocycles. The lowest BCUT2D eigenvalue weighted by Gasteiger charge is -2.14. The highest BCUT2D eigenvalue weighted by Crippen LogP contribution is 2.18. The van der Waals surface area contributed by atoms with Crippen LogP contribution < -0.4 is 15.5 Å². The minimum absolute atomic E-state index is 0.224. The van der Waals surface area contributed by atoms with Crippen LogP contribution in [0.5, 0.6) is 0 Å². The zero-order valence-electron chi connectivity index (χ0n) is 11.8. The second-order valence-corrected chi connectivity index (χ2v) is 4.58. The molecule has 20 heavy (non-hydrogen) atoms. The maximum absolute atomic E-state index is 12.1. The molecule has 104 valence electrons. The molecule has 2 rings (SSSR count). The van der Waals surface area contributed by atoms with Gasteiger partial charge in [0.2, 0.25) is 0 Å². The molecule has 0 bridgehead atoms. The average molecular weight is 270 g/mol. The second-order valence-electron chi connectivity index (χ2n) is 4.58. The van der Waals surface area contributed by atoms with Gasteiger partial charge in [0.15, 0.2) is 0 Å². The van der Waals surface area contributed by atoms with E-state index in [2.05, 4.69) is 15.6 Å². The predicted octanol–water partition coefficient (Wildman–Crippen LogP) is 2.44. The Labute approximate surface area is 118 Å². The molecule has 0 saturated heterocycles. The van der Waals surface area contributed by atoms with Crippen molar-refractivity contribution in [2.24, 2.45) is 0 Å². The third-order valence-electron chi connectivity index (χ3n) is 2.90. The fraction of sp³-hybridized carbons (Fsp3) is 0.200. The number of rotatable bonds is 4. The molecule has 1 heterocycles. The van der Waals surface area contributed by atoms with Crippen molar-refractivity contribution in [1.29, 1.82) is 0 Å². The molecule has 0 saturated carbocycles. The van der Waals surface area contributed by atoms with Crippen LogP contribution in [-0.4, -0.2) is 32.0 Å². The summed E-state index contributed by atoms with van der Waals surface area (Å²) < 4.78 is 0. The first-order valence-corrected chi connectivity index (χ1v) is 6.32. The van der Waals surface area contributed by atoms with Crippen LogP contribution in [-0.2, 0) is 0 Å². The Morgan fingerprint density at radius 2 is 1.95 bits per heavy atom. The quantitative estimate of drug-likeness (QED) is 0.896. The molecule has 2 aromatic rings. The van der Waals surface area contributed by atoms with Crippen molar-refractivity contribution in [3.05, 3.63) is 48.3 Å². The van der Waals surface area contributed by atoms with Gasteiger partial charge in [-0.25, -0.2) is 0 Å². The molecule has 5 nitrogen and oxygen atoms in total. The zero-order chi connectivity index (χ0) is 14.5. The van der Waals surface area contributed by atoms with E-state index in [1.807, 2.05) is 49.3 Å². The molecule has 0 aliphatic heterocycles. The molecular weight excluding hydrogens is 252 g/mol. The number of anilines is 3. The summed E-state index contributed by atoms with van der Waals surface area (Å²) >= 11 is 0. The fourth-order valence-corrected chi connectivity index (χ4v) is 1.77. The Morgan fingerprint density at radius 3 is 2.65 bits per heavy atom. The van der Waals surface area contributed by atoms with Gasteiger partial charge >= 0.3 is 0 Å². The van der Waals surface area contributed by atoms with E-state index in [4.69, 9.17) is 0 Å². The molecule has 0 aliphatic rings. The van der Waals surface area contributed by atoms with Gasteiger partial charge in [0.25, 0.3) is 5.91 Å². The highest BCUT2D eigenvalue weighted by molar-refractivity contribution is 6.03. The Bertz CT molecular complexity index is 610. The van der Waals surface area contributed by atoms with Gasteiger partial charge in [0, 0.05) is 44.4 Å². The number of nitrogens with one attached hydrogen (secondary N) is 2. The number of pyridine rings is 1. The largest absolute Gasteiger partial charge is 0.388 e. The van der Waals surface area contributed by atoms with Gasteiger partial charge in [-0.15, -0.1) is 0 Å². The molecule has 0 unspecified atom stereocenters. The lowest BCUT2D eigenvalue weighted by atomic mass is 10.2. The van der Waals surface area contributed by atoms with Crippen molar-refractivity contribution < 1.29 is 4.79 Å². The maximum Gasteiger partial charge on any atom is 0.274 e. The van der Waals surface area contributed by atoms with E-state index < -0.39 is 0 Å². The highest BCUT2D eigenvalue weighted by Gasteiger charge is 2.08. The maximum atomic E-state index is 12.1. The van der Waals surface area contributed by atoms with E-state index in [0.29, 0.717) is 5.69 Å². The molecule has 0 fully saturated rings. The monoisotopic (exact) mass is 270 g/mol. The van der Waals surface area contributed by atoms with Crippen molar-refractivity contribution in [2.45, 2.75) is 0 Å². The van der Waals surface area contributed by atoms with Crippen LogP contribution in [0.15, 0.2) is 42.6 Å². The molecule has 1 amide bonds. The van der Waals surface area contributed by atoms with E-state index in [1.165, 1.54) is 0 Å². The number of benzene rings is 1. The molecule has 0 radical (unpaired) electrons. The van der Waals surface area contributed by atoms with Crippen LogP contribution in [0.3, 0.4) is 0 Å². The zero-order valence-corrected chi connectivity index (χ0v) is 11.8. The number of carbonyl (C=O) groups excluding carboxylic acids is 1. The average Bonchev–Trinajstić information content (AvgIpc) is 2.47. The number of nitrogens with zero attached hydrogens (tertiary/aromatic N) is 2. The van der Waals surface area contributed by atoms with Crippen molar-refractivity contribution in [3.63, 3.8) is 0 Å². The first-order chi connectivity index (χ1) is 9.60. The van der Waals surface area contributed by atoms with Gasteiger partial charge in [-0.3, -0.25) is 9.78 Å². The number of hydrogen-bond acceptors (Lipinski definition) is 4. The number of amides is 1. The van der Waals surface area contributed by atoms with E-state index >= 15 is 0 Å². The third-order valence-corrected chi connectivity index (χ3v) is 2.90. The summed E-state index contributed by atoms with van der Waals surface area (Å²) in [7, 11) is 5.72. The fourth-order valence-electron chi connectivity index (χ4n) is 1.77. The Balaban J connectivity index is 2.16. The van der Waals surface area contributed by atoms with Gasteiger partial charge in [-0.1, -0.05) is 6.07 Å². The van der Waals surface area contributed by atoms with E-state index in [0.717, 1.165) is 17.1 Å². The standard InChI is InChI=1S/C15H18N4O/c1-16-11-7-8-17-14(10-11)15(20)18-12-5-4-6-13(9-12)19(2)3/h4-10H,1-3H3,(H,16,17)(H,18,20). The normalized spacial score (nSPS) is 9.95. The summed E-state index contributed by atoms with van der Waals surface area (Å²) in [5, 5.41) is 5.83. The summed E-state index contributed by atoms with van der Waals surface area (Å²) in [6.45, 7) is 0. The summed E-state index contributed by atoms with van der Waals surface area (Å²) in [5.41, 5.74) is 3.01. The molecule has 0 spiro atoms. The third kappa shape index (κ3) is 3.26. The Kier molecular flexibility index (Phi) is 4.20. The van der Waals surface area contributed by atoms with Crippen LogP contribution in [0.4, 0.5) is 17.1 Å². The van der Waals surface area contributed by atoms with Crippen molar-refractivity contribution >= 4 is 23.0 Å². The first-order valence-electron chi connectivity index (χ1n) is 6.32. The molecule has 1 aromatic heterocycles. The molecular formula is C15H18N4O. The van der Waals surface area contributed by atoms with Crippen LogP contribution in [0.1, 0.15) is 10.5 Å². The van der Waals surface area contributed by atoms with Crippen molar-refractivity contribution in [1.82, 2.24) is 4.98 Å².